The van der Waals surface area contributed by atoms with Crippen molar-refractivity contribution >= 4 is 0 Å². The lowest BCUT2D eigenvalue weighted by Gasteiger charge is -2.08. The number of halogens is 1. The molecule has 0 saturated carbocycles. The van der Waals surface area contributed by atoms with Crippen molar-refractivity contribution in [1.29, 1.82) is 0 Å². The molecule has 1 aromatic rings. The van der Waals surface area contributed by atoms with Crippen molar-refractivity contribution in [3.8, 4) is 12.3 Å². The summed E-state index contributed by atoms with van der Waals surface area (Å²) in [5.74, 6) is 2.25. The van der Waals surface area contributed by atoms with Gasteiger partial charge < -0.3 is 5.73 Å². The SMILES string of the molecule is C#CCC(N)Cc1ccccc1F. The lowest BCUT2D eigenvalue weighted by molar-refractivity contribution is 0.589. The number of terminal acetylenes is 1. The largest absolute Gasteiger partial charge is 0.327 e. The van der Waals surface area contributed by atoms with E-state index >= 15 is 0 Å². The molecule has 1 nitrogen and oxygen atoms in total. The summed E-state index contributed by atoms with van der Waals surface area (Å²) in [4.78, 5) is 0. The number of benzene rings is 1. The molecule has 0 heterocycles. The predicted molar refractivity (Wildman–Crippen MR) is 51.5 cm³/mol. The first-order chi connectivity index (χ1) is 6.24. The summed E-state index contributed by atoms with van der Waals surface area (Å²) in [6.07, 6.45) is 6.07. The van der Waals surface area contributed by atoms with Gasteiger partial charge in [0.1, 0.15) is 5.82 Å². The van der Waals surface area contributed by atoms with Crippen molar-refractivity contribution in [2.24, 2.45) is 5.73 Å². The highest BCUT2D eigenvalue weighted by molar-refractivity contribution is 5.18. The molecule has 13 heavy (non-hydrogen) atoms. The minimum atomic E-state index is -0.213. The predicted octanol–water partition coefficient (Wildman–Crippen LogP) is 1.72. The second-order valence-electron chi connectivity index (χ2n) is 2.96. The molecule has 1 aromatic carbocycles. The normalized spacial score (nSPS) is 12.1. The summed E-state index contributed by atoms with van der Waals surface area (Å²) in [7, 11) is 0. The summed E-state index contributed by atoms with van der Waals surface area (Å²) in [6.45, 7) is 0. The zero-order valence-electron chi connectivity index (χ0n) is 7.33. The first-order valence-electron chi connectivity index (χ1n) is 4.16. The molecule has 0 aliphatic carbocycles. The van der Waals surface area contributed by atoms with E-state index in [0.29, 0.717) is 18.4 Å². The average Bonchev–Trinajstić information content (AvgIpc) is 2.09. The molecule has 0 bridgehead atoms. The molecule has 1 rings (SSSR count). The van der Waals surface area contributed by atoms with Gasteiger partial charge in [-0.3, -0.25) is 0 Å². The van der Waals surface area contributed by atoms with E-state index in [1.165, 1.54) is 6.07 Å². The van der Waals surface area contributed by atoms with Gasteiger partial charge in [-0.25, -0.2) is 4.39 Å². The third-order valence-electron chi connectivity index (χ3n) is 1.82. The highest BCUT2D eigenvalue weighted by Gasteiger charge is 2.05. The number of nitrogens with two attached hydrogens (primary N) is 1. The lowest BCUT2D eigenvalue weighted by atomic mass is 10.0. The summed E-state index contributed by atoms with van der Waals surface area (Å²) in [6, 6.07) is 6.46. The molecule has 0 aliphatic rings. The van der Waals surface area contributed by atoms with Crippen LogP contribution in [0, 0.1) is 18.2 Å². The Bertz CT molecular complexity index is 314. The molecule has 0 saturated heterocycles. The summed E-state index contributed by atoms with van der Waals surface area (Å²) in [5, 5.41) is 0. The molecule has 2 N–H and O–H groups in total. The molecule has 0 radical (unpaired) electrons. The van der Waals surface area contributed by atoms with Gasteiger partial charge in [0, 0.05) is 12.5 Å². The van der Waals surface area contributed by atoms with Crippen LogP contribution in [0.5, 0.6) is 0 Å². The molecule has 0 amide bonds. The maximum Gasteiger partial charge on any atom is 0.126 e. The second kappa shape index (κ2) is 4.64. The molecular formula is C11H12FN. The Morgan fingerprint density at radius 2 is 2.15 bits per heavy atom. The monoisotopic (exact) mass is 177 g/mol. The van der Waals surface area contributed by atoms with Gasteiger partial charge in [0.05, 0.1) is 0 Å². The zero-order chi connectivity index (χ0) is 9.68. The van der Waals surface area contributed by atoms with Crippen LogP contribution in [0.15, 0.2) is 24.3 Å². The summed E-state index contributed by atoms with van der Waals surface area (Å²) in [5.41, 5.74) is 6.31. The van der Waals surface area contributed by atoms with Gasteiger partial charge in [-0.05, 0) is 18.1 Å². The Kier molecular flexibility index (Phi) is 3.48. The highest BCUT2D eigenvalue weighted by atomic mass is 19.1. The maximum absolute atomic E-state index is 13.1. The van der Waals surface area contributed by atoms with E-state index in [1.54, 1.807) is 18.2 Å². The van der Waals surface area contributed by atoms with Crippen LogP contribution >= 0.6 is 0 Å². The lowest BCUT2D eigenvalue weighted by Crippen LogP contribution is -2.22. The molecule has 1 unspecified atom stereocenters. The van der Waals surface area contributed by atoms with Gasteiger partial charge in [0.25, 0.3) is 0 Å². The molecule has 0 spiro atoms. The third kappa shape index (κ3) is 2.89. The minimum Gasteiger partial charge on any atom is -0.327 e. The zero-order valence-corrected chi connectivity index (χ0v) is 7.33. The molecule has 0 aromatic heterocycles. The Hall–Kier alpha value is -1.33. The second-order valence-corrected chi connectivity index (χ2v) is 2.96. The summed E-state index contributed by atoms with van der Waals surface area (Å²) < 4.78 is 13.1. The van der Waals surface area contributed by atoms with Gasteiger partial charge >= 0.3 is 0 Å². The Labute approximate surface area is 77.8 Å². The van der Waals surface area contributed by atoms with E-state index in [4.69, 9.17) is 12.2 Å². The molecular weight excluding hydrogens is 165 g/mol. The molecule has 1 atom stereocenters. The first-order valence-corrected chi connectivity index (χ1v) is 4.16. The Morgan fingerprint density at radius 3 is 2.77 bits per heavy atom. The smallest absolute Gasteiger partial charge is 0.126 e. The van der Waals surface area contributed by atoms with Crippen LogP contribution in [-0.4, -0.2) is 6.04 Å². The van der Waals surface area contributed by atoms with Gasteiger partial charge in [0.2, 0.25) is 0 Å². The van der Waals surface area contributed by atoms with Crippen LogP contribution in [-0.2, 0) is 6.42 Å². The van der Waals surface area contributed by atoms with Crippen molar-refractivity contribution in [2.75, 3.05) is 0 Å². The minimum absolute atomic E-state index is 0.151. The Morgan fingerprint density at radius 1 is 1.46 bits per heavy atom. The maximum atomic E-state index is 13.1. The van der Waals surface area contributed by atoms with E-state index in [-0.39, 0.29) is 11.9 Å². The number of rotatable bonds is 3. The molecule has 0 fully saturated rings. The van der Waals surface area contributed by atoms with Crippen molar-refractivity contribution in [3.63, 3.8) is 0 Å². The quantitative estimate of drug-likeness (QED) is 0.699. The van der Waals surface area contributed by atoms with Crippen molar-refractivity contribution in [3.05, 3.63) is 35.6 Å². The standard InChI is InChI=1S/C11H12FN/c1-2-5-10(13)8-9-6-3-4-7-11(9)12/h1,3-4,6-7,10H,5,8,13H2. The van der Waals surface area contributed by atoms with Gasteiger partial charge in [-0.2, -0.15) is 0 Å². The molecule has 2 heteroatoms. The van der Waals surface area contributed by atoms with E-state index < -0.39 is 0 Å². The third-order valence-corrected chi connectivity index (χ3v) is 1.82. The van der Waals surface area contributed by atoms with Crippen LogP contribution in [0.1, 0.15) is 12.0 Å². The highest BCUT2D eigenvalue weighted by Crippen LogP contribution is 2.09. The van der Waals surface area contributed by atoms with Crippen LogP contribution in [0.4, 0.5) is 4.39 Å². The van der Waals surface area contributed by atoms with Gasteiger partial charge in [-0.15, -0.1) is 12.3 Å². The fraction of sp³-hybridized carbons (Fsp3) is 0.273. The van der Waals surface area contributed by atoms with E-state index in [1.807, 2.05) is 0 Å². The fourth-order valence-corrected chi connectivity index (χ4v) is 1.17. The van der Waals surface area contributed by atoms with E-state index in [2.05, 4.69) is 5.92 Å². The van der Waals surface area contributed by atoms with Crippen molar-refractivity contribution < 1.29 is 4.39 Å². The number of hydrogen-bond donors (Lipinski definition) is 1. The Balaban J connectivity index is 2.64. The van der Waals surface area contributed by atoms with Crippen LogP contribution in [0.2, 0.25) is 0 Å². The van der Waals surface area contributed by atoms with Crippen LogP contribution in [0.25, 0.3) is 0 Å². The van der Waals surface area contributed by atoms with E-state index in [0.717, 1.165) is 0 Å². The molecule has 0 aliphatic heterocycles. The fourth-order valence-electron chi connectivity index (χ4n) is 1.17. The van der Waals surface area contributed by atoms with Crippen LogP contribution < -0.4 is 5.73 Å². The first kappa shape index (κ1) is 9.76. The average molecular weight is 177 g/mol. The van der Waals surface area contributed by atoms with Crippen molar-refractivity contribution in [2.45, 2.75) is 18.9 Å². The summed E-state index contributed by atoms with van der Waals surface area (Å²) >= 11 is 0. The molecule has 68 valence electrons. The van der Waals surface area contributed by atoms with Crippen LogP contribution in [0.3, 0.4) is 0 Å². The number of hydrogen-bond acceptors (Lipinski definition) is 1. The van der Waals surface area contributed by atoms with E-state index in [9.17, 15) is 4.39 Å². The van der Waals surface area contributed by atoms with Crippen molar-refractivity contribution in [1.82, 2.24) is 0 Å². The van der Waals surface area contributed by atoms with Gasteiger partial charge in [-0.1, -0.05) is 18.2 Å². The van der Waals surface area contributed by atoms with Gasteiger partial charge in [0.15, 0.2) is 0 Å². The topological polar surface area (TPSA) is 26.0 Å².